The van der Waals surface area contributed by atoms with Gasteiger partial charge in [0.1, 0.15) is 11.5 Å². The molecule has 208 valence electrons. The molecule has 1 aromatic carbocycles. The van der Waals surface area contributed by atoms with E-state index >= 15 is 0 Å². The van der Waals surface area contributed by atoms with E-state index in [1.54, 1.807) is 36.3 Å². The number of ether oxygens (including phenoxy) is 3. The summed E-state index contributed by atoms with van der Waals surface area (Å²) in [7, 11) is 4.81. The van der Waals surface area contributed by atoms with E-state index in [1.165, 1.54) is 26.4 Å². The minimum atomic E-state index is -0.956. The number of amides is 2. The Balaban J connectivity index is 1.72. The van der Waals surface area contributed by atoms with Crippen molar-refractivity contribution in [2.24, 2.45) is 12.8 Å². The first kappa shape index (κ1) is 28.3. The number of hydrogen-bond acceptors (Lipinski definition) is 10. The molecular formula is C26H27ClN8O5. The lowest BCUT2D eigenvalue weighted by atomic mass is 10.0. The Bertz CT molecular complexity index is 1540. The number of anilines is 2. The van der Waals surface area contributed by atoms with E-state index < -0.39 is 12.2 Å². The van der Waals surface area contributed by atoms with Crippen molar-refractivity contribution in [1.82, 2.24) is 30.0 Å². The zero-order valence-corrected chi connectivity index (χ0v) is 22.9. The van der Waals surface area contributed by atoms with E-state index in [2.05, 4.69) is 30.7 Å². The summed E-state index contributed by atoms with van der Waals surface area (Å²) in [6, 6.07) is 10.2. The number of methoxy groups -OCH3 is 1. The Morgan fingerprint density at radius 1 is 1.18 bits per heavy atom. The lowest BCUT2D eigenvalue weighted by Gasteiger charge is -2.20. The molecule has 0 spiro atoms. The van der Waals surface area contributed by atoms with Gasteiger partial charge in [-0.25, -0.2) is 19.7 Å². The number of nitrogens with zero attached hydrogens (tertiary/aromatic N) is 5. The zero-order valence-electron chi connectivity index (χ0n) is 22.1. The highest BCUT2D eigenvalue weighted by Gasteiger charge is 2.21. The van der Waals surface area contributed by atoms with Crippen LogP contribution in [0.5, 0.6) is 11.6 Å². The highest BCUT2D eigenvalue weighted by atomic mass is 35.5. The van der Waals surface area contributed by atoms with Crippen molar-refractivity contribution in [3.05, 3.63) is 70.9 Å². The largest absolute Gasteiger partial charge is 0.494 e. The molecule has 13 nitrogen and oxygen atoms in total. The van der Waals surface area contributed by atoms with E-state index in [-0.39, 0.29) is 29.1 Å². The number of nitrogens with one attached hydrogen (secondary N) is 2. The quantitative estimate of drug-likeness (QED) is 0.240. The normalized spacial score (nSPS) is 11.5. The average molecular weight is 567 g/mol. The van der Waals surface area contributed by atoms with Crippen molar-refractivity contribution >= 4 is 35.0 Å². The summed E-state index contributed by atoms with van der Waals surface area (Å²) in [5.41, 5.74) is 8.16. The summed E-state index contributed by atoms with van der Waals surface area (Å²) in [4.78, 5) is 36.2. The standard InChI is InChI=1S/C26H27ClN8O5/c1-14(39-12-16-6-5-7-22(32-16)40-26(28)37)15-8-17(24-31-13-35(3)34-24)23(38-4)20(9-15)33-19-10-21(27)30-11-18(19)25(36)29-2/h5-11,13-14H,12H2,1-4H3,(H2,28,37)(H,29,36)(H,30,33). The topological polar surface area (TPSA) is 168 Å². The summed E-state index contributed by atoms with van der Waals surface area (Å²) in [5.74, 6) is 0.591. The zero-order chi connectivity index (χ0) is 28.8. The fourth-order valence-corrected chi connectivity index (χ4v) is 3.98. The molecule has 4 aromatic rings. The second kappa shape index (κ2) is 12.4. The Hall–Kier alpha value is -4.75. The minimum absolute atomic E-state index is 0.0728. The van der Waals surface area contributed by atoms with Gasteiger partial charge in [-0.2, -0.15) is 5.10 Å². The lowest BCUT2D eigenvalue weighted by Crippen LogP contribution is -2.19. The molecule has 3 heterocycles. The first-order chi connectivity index (χ1) is 19.2. The van der Waals surface area contributed by atoms with Gasteiger partial charge in [0.25, 0.3) is 5.91 Å². The molecule has 0 saturated heterocycles. The van der Waals surface area contributed by atoms with Crippen LogP contribution in [0.2, 0.25) is 5.15 Å². The van der Waals surface area contributed by atoms with E-state index in [4.69, 9.17) is 31.5 Å². The Labute approximate surface area is 234 Å². The average Bonchev–Trinajstić information content (AvgIpc) is 3.36. The molecule has 3 aromatic heterocycles. The summed E-state index contributed by atoms with van der Waals surface area (Å²) in [5, 5.41) is 10.5. The molecule has 0 saturated carbocycles. The number of aryl methyl sites for hydroxylation is 1. The second-order valence-corrected chi connectivity index (χ2v) is 8.88. The van der Waals surface area contributed by atoms with E-state index in [0.717, 1.165) is 5.56 Å². The molecule has 0 bridgehead atoms. The first-order valence-corrected chi connectivity index (χ1v) is 12.3. The highest BCUT2D eigenvalue weighted by molar-refractivity contribution is 6.29. The number of aromatic nitrogens is 5. The van der Waals surface area contributed by atoms with Crippen LogP contribution in [-0.4, -0.2) is 50.9 Å². The second-order valence-electron chi connectivity index (χ2n) is 8.49. The van der Waals surface area contributed by atoms with Crippen LogP contribution in [0.15, 0.2) is 48.9 Å². The number of pyridine rings is 2. The molecule has 4 N–H and O–H groups in total. The smallest absolute Gasteiger partial charge is 0.411 e. The van der Waals surface area contributed by atoms with Crippen LogP contribution in [0.3, 0.4) is 0 Å². The highest BCUT2D eigenvalue weighted by Crippen LogP contribution is 2.40. The van der Waals surface area contributed by atoms with Crippen LogP contribution in [0.1, 0.15) is 34.6 Å². The maximum Gasteiger partial charge on any atom is 0.411 e. The first-order valence-electron chi connectivity index (χ1n) is 12.0. The van der Waals surface area contributed by atoms with E-state index in [0.29, 0.717) is 34.2 Å². The van der Waals surface area contributed by atoms with Crippen molar-refractivity contribution in [3.8, 4) is 23.0 Å². The van der Waals surface area contributed by atoms with Gasteiger partial charge in [0.05, 0.1) is 48.0 Å². The molecule has 0 aliphatic rings. The van der Waals surface area contributed by atoms with Crippen molar-refractivity contribution in [2.45, 2.75) is 19.6 Å². The fraction of sp³-hybridized carbons (Fsp3) is 0.231. The van der Waals surface area contributed by atoms with Crippen molar-refractivity contribution in [2.75, 3.05) is 19.5 Å². The Morgan fingerprint density at radius 2 is 1.98 bits per heavy atom. The molecule has 14 heteroatoms. The Morgan fingerprint density at radius 3 is 2.65 bits per heavy atom. The van der Waals surface area contributed by atoms with Crippen LogP contribution in [0.25, 0.3) is 11.4 Å². The minimum Gasteiger partial charge on any atom is -0.494 e. The van der Waals surface area contributed by atoms with Gasteiger partial charge in [0, 0.05) is 26.4 Å². The SMILES string of the molecule is CNC(=O)c1cnc(Cl)cc1Nc1cc(C(C)OCc2cccc(OC(N)=O)n2)cc(-c2ncn(C)n2)c1OC. The van der Waals surface area contributed by atoms with Gasteiger partial charge in [0.2, 0.25) is 5.88 Å². The molecule has 4 rings (SSSR count). The number of carbonyl (C=O) groups is 2. The van der Waals surface area contributed by atoms with Crippen LogP contribution in [-0.2, 0) is 18.4 Å². The van der Waals surface area contributed by atoms with Gasteiger partial charge in [-0.1, -0.05) is 17.7 Å². The summed E-state index contributed by atoms with van der Waals surface area (Å²) in [6.07, 6.45) is 1.56. The van der Waals surface area contributed by atoms with E-state index in [1.807, 2.05) is 19.1 Å². The number of primary amides is 1. The van der Waals surface area contributed by atoms with Gasteiger partial charge in [-0.05, 0) is 36.8 Å². The molecule has 0 aliphatic heterocycles. The molecule has 2 amide bonds. The van der Waals surface area contributed by atoms with Crippen LogP contribution in [0.4, 0.5) is 16.2 Å². The van der Waals surface area contributed by atoms with Gasteiger partial charge >= 0.3 is 6.09 Å². The molecule has 1 atom stereocenters. The van der Waals surface area contributed by atoms with Gasteiger partial charge in [0.15, 0.2) is 11.6 Å². The van der Waals surface area contributed by atoms with Crippen LogP contribution in [0, 0.1) is 0 Å². The van der Waals surface area contributed by atoms with Gasteiger partial charge in [-0.15, -0.1) is 0 Å². The lowest BCUT2D eigenvalue weighted by molar-refractivity contribution is 0.0503. The summed E-state index contributed by atoms with van der Waals surface area (Å²) >= 11 is 6.16. The Kier molecular flexibility index (Phi) is 8.76. The van der Waals surface area contributed by atoms with Crippen LogP contribution < -0.4 is 25.8 Å². The number of rotatable bonds is 10. The number of benzene rings is 1. The molecule has 0 fully saturated rings. The van der Waals surface area contributed by atoms with Gasteiger partial charge in [-0.3, -0.25) is 9.48 Å². The van der Waals surface area contributed by atoms with Crippen molar-refractivity contribution in [3.63, 3.8) is 0 Å². The maximum atomic E-state index is 12.5. The third kappa shape index (κ3) is 6.62. The summed E-state index contributed by atoms with van der Waals surface area (Å²) in [6.45, 7) is 1.98. The number of nitrogens with two attached hydrogens (primary N) is 1. The van der Waals surface area contributed by atoms with Crippen molar-refractivity contribution in [1.29, 1.82) is 0 Å². The number of halogens is 1. The molecule has 0 aliphatic carbocycles. The van der Waals surface area contributed by atoms with Gasteiger partial charge < -0.3 is 30.6 Å². The number of carbonyl (C=O) groups excluding carboxylic acids is 2. The summed E-state index contributed by atoms with van der Waals surface area (Å²) < 4.78 is 18.3. The van der Waals surface area contributed by atoms with E-state index in [9.17, 15) is 9.59 Å². The molecular weight excluding hydrogens is 540 g/mol. The maximum absolute atomic E-state index is 12.5. The fourth-order valence-electron chi connectivity index (χ4n) is 3.83. The molecule has 40 heavy (non-hydrogen) atoms. The predicted molar refractivity (Wildman–Crippen MR) is 147 cm³/mol. The third-order valence-corrected chi connectivity index (χ3v) is 5.91. The van der Waals surface area contributed by atoms with Crippen molar-refractivity contribution < 1.29 is 23.8 Å². The third-order valence-electron chi connectivity index (χ3n) is 5.70. The monoisotopic (exact) mass is 566 g/mol. The number of hydrogen-bond donors (Lipinski definition) is 3. The van der Waals surface area contributed by atoms with Crippen LogP contribution >= 0.6 is 11.6 Å². The molecule has 1 unspecified atom stereocenters. The predicted octanol–water partition coefficient (Wildman–Crippen LogP) is 3.77. The molecule has 0 radical (unpaired) electrons.